The molecule has 0 radical (unpaired) electrons. The molecule has 0 saturated carbocycles. The largest absolute Gasteiger partial charge is 0.362 e. The van der Waals surface area contributed by atoms with Crippen LogP contribution in [-0.4, -0.2) is 21.4 Å². The zero-order valence-corrected chi connectivity index (χ0v) is 12.7. The van der Waals surface area contributed by atoms with Gasteiger partial charge in [-0.15, -0.1) is 0 Å². The van der Waals surface area contributed by atoms with E-state index >= 15 is 0 Å². The minimum Gasteiger partial charge on any atom is -0.362 e. The SMILES string of the molecule is Cc1nn(C)cc1CNC(=S)NCCc1ccccc1. The van der Waals surface area contributed by atoms with Crippen LogP contribution in [0.5, 0.6) is 0 Å². The Morgan fingerprint density at radius 1 is 1.25 bits per heavy atom. The molecule has 5 heteroatoms. The maximum atomic E-state index is 5.27. The number of thiocarbonyl (C=S) groups is 1. The smallest absolute Gasteiger partial charge is 0.166 e. The molecule has 1 heterocycles. The topological polar surface area (TPSA) is 41.9 Å². The van der Waals surface area contributed by atoms with E-state index in [4.69, 9.17) is 12.2 Å². The van der Waals surface area contributed by atoms with E-state index in [0.29, 0.717) is 11.7 Å². The predicted molar refractivity (Wildman–Crippen MR) is 85.5 cm³/mol. The van der Waals surface area contributed by atoms with Gasteiger partial charge in [-0.2, -0.15) is 5.10 Å². The second-order valence-corrected chi connectivity index (χ2v) is 5.17. The van der Waals surface area contributed by atoms with Crippen LogP contribution >= 0.6 is 12.2 Å². The van der Waals surface area contributed by atoms with Crippen LogP contribution in [0.25, 0.3) is 0 Å². The summed E-state index contributed by atoms with van der Waals surface area (Å²) >= 11 is 5.27. The molecule has 0 unspecified atom stereocenters. The van der Waals surface area contributed by atoms with Crippen molar-refractivity contribution in [3.8, 4) is 0 Å². The Balaban J connectivity index is 1.69. The van der Waals surface area contributed by atoms with Crippen LogP contribution in [0.15, 0.2) is 36.5 Å². The van der Waals surface area contributed by atoms with Gasteiger partial charge in [-0.05, 0) is 31.1 Å². The fraction of sp³-hybridized carbons (Fsp3) is 0.333. The van der Waals surface area contributed by atoms with Crippen LogP contribution < -0.4 is 10.6 Å². The van der Waals surface area contributed by atoms with Gasteiger partial charge in [-0.3, -0.25) is 4.68 Å². The first kappa shape index (κ1) is 14.5. The molecule has 0 spiro atoms. The molecule has 0 fully saturated rings. The molecule has 0 atom stereocenters. The number of nitrogens with zero attached hydrogens (tertiary/aromatic N) is 2. The Kier molecular flexibility index (Phi) is 5.12. The summed E-state index contributed by atoms with van der Waals surface area (Å²) < 4.78 is 1.82. The van der Waals surface area contributed by atoms with Gasteiger partial charge in [0, 0.05) is 31.9 Å². The zero-order valence-electron chi connectivity index (χ0n) is 11.9. The van der Waals surface area contributed by atoms with Crippen LogP contribution in [0.3, 0.4) is 0 Å². The van der Waals surface area contributed by atoms with Gasteiger partial charge < -0.3 is 10.6 Å². The van der Waals surface area contributed by atoms with E-state index in [9.17, 15) is 0 Å². The zero-order chi connectivity index (χ0) is 14.4. The van der Waals surface area contributed by atoms with Gasteiger partial charge in [-0.1, -0.05) is 30.3 Å². The highest BCUT2D eigenvalue weighted by atomic mass is 32.1. The second-order valence-electron chi connectivity index (χ2n) is 4.76. The summed E-state index contributed by atoms with van der Waals surface area (Å²) in [7, 11) is 1.92. The third kappa shape index (κ3) is 4.35. The van der Waals surface area contributed by atoms with E-state index in [1.807, 2.05) is 30.9 Å². The van der Waals surface area contributed by atoms with Crippen molar-refractivity contribution in [1.29, 1.82) is 0 Å². The van der Waals surface area contributed by atoms with Crippen LogP contribution in [-0.2, 0) is 20.0 Å². The standard InChI is InChI=1S/C15H20N4S/c1-12-14(11-19(2)18-12)10-17-15(20)16-9-8-13-6-4-3-5-7-13/h3-7,11H,8-10H2,1-2H3,(H2,16,17,20). The van der Waals surface area contributed by atoms with Gasteiger partial charge in [0.1, 0.15) is 0 Å². The average molecular weight is 288 g/mol. The van der Waals surface area contributed by atoms with Crippen molar-refractivity contribution in [3.05, 3.63) is 53.3 Å². The number of aryl methyl sites for hydroxylation is 2. The predicted octanol–water partition coefficient (Wildman–Crippen LogP) is 1.94. The summed E-state index contributed by atoms with van der Waals surface area (Å²) in [5.74, 6) is 0. The van der Waals surface area contributed by atoms with Crippen molar-refractivity contribution >= 4 is 17.3 Å². The maximum absolute atomic E-state index is 5.27. The molecule has 1 aromatic carbocycles. The molecule has 2 aromatic rings. The minimum absolute atomic E-state index is 0.684. The molecule has 0 aliphatic heterocycles. The summed E-state index contributed by atoms with van der Waals surface area (Å²) in [5.41, 5.74) is 3.51. The highest BCUT2D eigenvalue weighted by molar-refractivity contribution is 7.80. The lowest BCUT2D eigenvalue weighted by molar-refractivity contribution is 0.756. The monoisotopic (exact) mass is 288 g/mol. The highest BCUT2D eigenvalue weighted by Crippen LogP contribution is 2.03. The summed E-state index contributed by atoms with van der Waals surface area (Å²) in [6.07, 6.45) is 2.98. The quantitative estimate of drug-likeness (QED) is 0.825. The summed E-state index contributed by atoms with van der Waals surface area (Å²) in [5, 5.41) is 11.4. The molecule has 2 rings (SSSR count). The molecule has 106 valence electrons. The number of nitrogens with one attached hydrogen (secondary N) is 2. The molecule has 0 aliphatic rings. The van der Waals surface area contributed by atoms with E-state index < -0.39 is 0 Å². The molecule has 0 bridgehead atoms. The normalized spacial score (nSPS) is 10.3. The molecular weight excluding hydrogens is 268 g/mol. The van der Waals surface area contributed by atoms with Crippen molar-refractivity contribution < 1.29 is 0 Å². The van der Waals surface area contributed by atoms with Crippen molar-refractivity contribution in [1.82, 2.24) is 20.4 Å². The van der Waals surface area contributed by atoms with Crippen LogP contribution in [0.4, 0.5) is 0 Å². The lowest BCUT2D eigenvalue weighted by Crippen LogP contribution is -2.35. The Hall–Kier alpha value is -1.88. The van der Waals surface area contributed by atoms with Gasteiger partial charge in [0.05, 0.1) is 5.69 Å². The van der Waals surface area contributed by atoms with Crippen molar-refractivity contribution in [2.45, 2.75) is 19.9 Å². The van der Waals surface area contributed by atoms with E-state index in [-0.39, 0.29) is 0 Å². The minimum atomic E-state index is 0.684. The van der Waals surface area contributed by atoms with Gasteiger partial charge in [0.2, 0.25) is 0 Å². The Labute approximate surface area is 125 Å². The van der Waals surface area contributed by atoms with E-state index in [0.717, 1.165) is 18.7 Å². The molecule has 0 aliphatic carbocycles. The molecular formula is C15H20N4S. The third-order valence-electron chi connectivity index (χ3n) is 3.10. The fourth-order valence-electron chi connectivity index (χ4n) is 2.03. The molecule has 1 aromatic heterocycles. The van der Waals surface area contributed by atoms with Crippen molar-refractivity contribution in [2.75, 3.05) is 6.54 Å². The lowest BCUT2D eigenvalue weighted by Gasteiger charge is -2.10. The van der Waals surface area contributed by atoms with Crippen LogP contribution in [0.1, 0.15) is 16.8 Å². The van der Waals surface area contributed by atoms with E-state index in [2.05, 4.69) is 40.0 Å². The van der Waals surface area contributed by atoms with E-state index in [1.54, 1.807) is 0 Å². The first-order valence-electron chi connectivity index (χ1n) is 6.70. The number of hydrogen-bond donors (Lipinski definition) is 2. The van der Waals surface area contributed by atoms with Gasteiger partial charge in [0.15, 0.2) is 5.11 Å². The summed E-state index contributed by atoms with van der Waals surface area (Å²) in [6.45, 7) is 3.54. The van der Waals surface area contributed by atoms with Crippen molar-refractivity contribution in [2.24, 2.45) is 7.05 Å². The highest BCUT2D eigenvalue weighted by Gasteiger charge is 2.03. The van der Waals surface area contributed by atoms with E-state index in [1.165, 1.54) is 11.1 Å². The average Bonchev–Trinajstić information content (AvgIpc) is 2.76. The lowest BCUT2D eigenvalue weighted by atomic mass is 10.1. The molecule has 20 heavy (non-hydrogen) atoms. The van der Waals surface area contributed by atoms with Crippen LogP contribution in [0, 0.1) is 6.92 Å². The number of benzene rings is 1. The van der Waals surface area contributed by atoms with Gasteiger partial charge in [0.25, 0.3) is 0 Å². The second kappa shape index (κ2) is 7.05. The Morgan fingerprint density at radius 3 is 2.65 bits per heavy atom. The fourth-order valence-corrected chi connectivity index (χ4v) is 2.20. The number of aromatic nitrogens is 2. The molecule has 4 nitrogen and oxygen atoms in total. The van der Waals surface area contributed by atoms with Gasteiger partial charge in [-0.25, -0.2) is 0 Å². The maximum Gasteiger partial charge on any atom is 0.166 e. The summed E-state index contributed by atoms with van der Waals surface area (Å²) in [6, 6.07) is 10.4. The number of rotatable bonds is 5. The molecule has 2 N–H and O–H groups in total. The first-order valence-corrected chi connectivity index (χ1v) is 7.10. The van der Waals surface area contributed by atoms with Crippen molar-refractivity contribution in [3.63, 3.8) is 0 Å². The Morgan fingerprint density at radius 2 is 2.00 bits per heavy atom. The summed E-state index contributed by atoms with van der Waals surface area (Å²) in [4.78, 5) is 0. The third-order valence-corrected chi connectivity index (χ3v) is 3.39. The molecule has 0 amide bonds. The van der Waals surface area contributed by atoms with Crippen LogP contribution in [0.2, 0.25) is 0 Å². The first-order chi connectivity index (χ1) is 9.65. The van der Waals surface area contributed by atoms with Gasteiger partial charge >= 0.3 is 0 Å². The number of hydrogen-bond acceptors (Lipinski definition) is 2. The molecule has 0 saturated heterocycles. The Bertz CT molecular complexity index is 563.